The topological polar surface area (TPSA) is 70.6 Å². The molecule has 2 aromatic rings. The zero-order chi connectivity index (χ0) is 16.2. The molecule has 0 radical (unpaired) electrons. The summed E-state index contributed by atoms with van der Waals surface area (Å²) in [6.07, 6.45) is 1.72. The Balaban J connectivity index is 1.75. The maximum Gasteiger partial charge on any atom is 0.253 e. The van der Waals surface area contributed by atoms with Crippen LogP contribution in [0.4, 0.5) is 0 Å². The molecule has 5 heteroatoms. The summed E-state index contributed by atoms with van der Waals surface area (Å²) in [6.45, 7) is 1.05. The molecule has 3 N–H and O–H groups in total. The summed E-state index contributed by atoms with van der Waals surface area (Å²) >= 11 is 0. The minimum Gasteiger partial charge on any atom is -0.504 e. The molecule has 118 valence electrons. The Morgan fingerprint density at radius 3 is 2.91 bits per heavy atom. The lowest BCUT2D eigenvalue weighted by Crippen LogP contribution is -2.30. The predicted molar refractivity (Wildman–Crippen MR) is 87.8 cm³/mol. The molecule has 0 saturated carbocycles. The lowest BCUT2D eigenvalue weighted by molar-refractivity contribution is -0.116. The molecule has 0 atom stereocenters. The van der Waals surface area contributed by atoms with Crippen LogP contribution in [0.3, 0.4) is 0 Å². The van der Waals surface area contributed by atoms with Gasteiger partial charge in [0.15, 0.2) is 11.5 Å². The fourth-order valence-corrected chi connectivity index (χ4v) is 2.59. The number of carbonyl (C=O) groups is 1. The van der Waals surface area contributed by atoms with Crippen molar-refractivity contribution in [1.82, 2.24) is 10.6 Å². The Morgan fingerprint density at radius 1 is 1.30 bits per heavy atom. The van der Waals surface area contributed by atoms with E-state index in [4.69, 9.17) is 4.74 Å². The number of ether oxygens (including phenoxy) is 1. The van der Waals surface area contributed by atoms with Crippen molar-refractivity contribution in [2.45, 2.75) is 13.1 Å². The average Bonchev–Trinajstić information content (AvgIpc) is 2.57. The van der Waals surface area contributed by atoms with Gasteiger partial charge in [0.1, 0.15) is 0 Å². The van der Waals surface area contributed by atoms with Crippen molar-refractivity contribution in [3.63, 3.8) is 0 Å². The maximum atomic E-state index is 12.1. The van der Waals surface area contributed by atoms with E-state index in [-0.39, 0.29) is 11.7 Å². The van der Waals surface area contributed by atoms with Gasteiger partial charge in [-0.1, -0.05) is 30.3 Å². The number of hydrogen-bond donors (Lipinski definition) is 3. The second kappa shape index (κ2) is 6.44. The summed E-state index contributed by atoms with van der Waals surface area (Å²) in [5.74, 6) is 0.446. The molecule has 0 aliphatic carbocycles. The highest BCUT2D eigenvalue weighted by Crippen LogP contribution is 2.26. The summed E-state index contributed by atoms with van der Waals surface area (Å²) in [5, 5.41) is 15.8. The van der Waals surface area contributed by atoms with Crippen molar-refractivity contribution in [3.05, 3.63) is 65.4 Å². The van der Waals surface area contributed by atoms with Crippen molar-refractivity contribution in [3.8, 4) is 11.5 Å². The van der Waals surface area contributed by atoms with Crippen LogP contribution >= 0.6 is 0 Å². The van der Waals surface area contributed by atoms with E-state index in [1.54, 1.807) is 18.3 Å². The first-order valence-corrected chi connectivity index (χ1v) is 7.35. The van der Waals surface area contributed by atoms with Crippen LogP contribution in [-0.4, -0.2) is 18.1 Å². The lowest BCUT2D eigenvalue weighted by Gasteiger charge is -2.19. The monoisotopic (exact) mass is 310 g/mol. The van der Waals surface area contributed by atoms with Crippen LogP contribution in [0.15, 0.2) is 48.7 Å². The van der Waals surface area contributed by atoms with Crippen LogP contribution in [0.2, 0.25) is 0 Å². The highest BCUT2D eigenvalue weighted by Gasteiger charge is 2.20. The predicted octanol–water partition coefficient (Wildman–Crippen LogP) is 2.16. The molecule has 0 bridgehead atoms. The summed E-state index contributed by atoms with van der Waals surface area (Å²) < 4.78 is 5.02. The molecule has 3 rings (SSSR count). The fraction of sp³-hybridized carbons (Fsp3) is 0.167. The van der Waals surface area contributed by atoms with E-state index in [1.807, 2.05) is 30.3 Å². The van der Waals surface area contributed by atoms with Gasteiger partial charge >= 0.3 is 0 Å². The molecular weight excluding hydrogens is 292 g/mol. The van der Waals surface area contributed by atoms with E-state index in [0.29, 0.717) is 24.4 Å². The molecule has 0 saturated heterocycles. The average molecular weight is 310 g/mol. The first kappa shape index (κ1) is 15.0. The summed E-state index contributed by atoms with van der Waals surface area (Å²) in [7, 11) is 1.51. The van der Waals surface area contributed by atoms with Gasteiger partial charge < -0.3 is 20.5 Å². The number of fused-ring (bicyclic) bond motifs is 1. The molecule has 5 nitrogen and oxygen atoms in total. The zero-order valence-electron chi connectivity index (χ0n) is 12.8. The minimum atomic E-state index is -0.0891. The van der Waals surface area contributed by atoms with Crippen molar-refractivity contribution in [2.75, 3.05) is 7.11 Å². The number of aromatic hydroxyl groups is 1. The molecule has 1 heterocycles. The standard InChI is InChI=1S/C18H18N2O3/c1-23-17-7-6-12(8-16(17)21)9-19-11-15-14-5-3-2-4-13(14)10-20-18(15)22/h2-8,11,19,21H,9-10H2,1H3,(H,20,22). The zero-order valence-corrected chi connectivity index (χ0v) is 12.8. The molecule has 1 aliphatic heterocycles. The van der Waals surface area contributed by atoms with E-state index < -0.39 is 0 Å². The van der Waals surface area contributed by atoms with Gasteiger partial charge in [0.2, 0.25) is 0 Å². The highest BCUT2D eigenvalue weighted by molar-refractivity contribution is 6.20. The number of phenols is 1. The van der Waals surface area contributed by atoms with Gasteiger partial charge in [-0.25, -0.2) is 0 Å². The molecule has 0 fully saturated rings. The summed E-state index contributed by atoms with van der Waals surface area (Å²) in [4.78, 5) is 12.1. The molecule has 1 amide bonds. The van der Waals surface area contributed by atoms with Gasteiger partial charge in [-0.2, -0.15) is 0 Å². The van der Waals surface area contributed by atoms with Crippen molar-refractivity contribution in [2.24, 2.45) is 0 Å². The number of nitrogens with one attached hydrogen (secondary N) is 2. The molecule has 23 heavy (non-hydrogen) atoms. The SMILES string of the molecule is COc1ccc(CNC=C2C(=O)NCc3ccccc32)cc1O. The Bertz CT molecular complexity index is 769. The molecular formula is C18H18N2O3. The first-order chi connectivity index (χ1) is 11.2. The smallest absolute Gasteiger partial charge is 0.253 e. The van der Waals surface area contributed by atoms with Gasteiger partial charge in [-0.05, 0) is 28.8 Å². The van der Waals surface area contributed by atoms with Gasteiger partial charge in [0.25, 0.3) is 5.91 Å². The van der Waals surface area contributed by atoms with Crippen molar-refractivity contribution < 1.29 is 14.6 Å². The number of phenolic OH excluding ortho intramolecular Hbond substituents is 1. The molecule has 2 aromatic carbocycles. The lowest BCUT2D eigenvalue weighted by atomic mass is 9.96. The van der Waals surface area contributed by atoms with Gasteiger partial charge in [0, 0.05) is 19.3 Å². The Labute approximate surface area is 134 Å². The van der Waals surface area contributed by atoms with Crippen LogP contribution in [0.1, 0.15) is 16.7 Å². The number of benzene rings is 2. The second-order valence-corrected chi connectivity index (χ2v) is 5.28. The normalized spacial score (nSPS) is 15.0. The number of rotatable bonds is 4. The van der Waals surface area contributed by atoms with Gasteiger partial charge in [0.05, 0.1) is 12.7 Å². The number of carbonyl (C=O) groups excluding carboxylic acids is 1. The Hall–Kier alpha value is -2.95. The van der Waals surface area contributed by atoms with Crippen LogP contribution < -0.4 is 15.4 Å². The van der Waals surface area contributed by atoms with Crippen molar-refractivity contribution in [1.29, 1.82) is 0 Å². The number of methoxy groups -OCH3 is 1. The molecule has 0 unspecified atom stereocenters. The minimum absolute atomic E-state index is 0.0891. The van der Waals surface area contributed by atoms with E-state index >= 15 is 0 Å². The summed E-state index contributed by atoms with van der Waals surface area (Å²) in [5.41, 5.74) is 3.55. The third-order valence-electron chi connectivity index (χ3n) is 3.79. The number of amides is 1. The quantitative estimate of drug-likeness (QED) is 0.757. The van der Waals surface area contributed by atoms with Crippen molar-refractivity contribution >= 4 is 11.5 Å². The van der Waals surface area contributed by atoms with Crippen LogP contribution in [0, 0.1) is 0 Å². The maximum absolute atomic E-state index is 12.1. The first-order valence-electron chi connectivity index (χ1n) is 7.35. The second-order valence-electron chi connectivity index (χ2n) is 5.28. The third kappa shape index (κ3) is 3.13. The number of hydrogen-bond acceptors (Lipinski definition) is 4. The highest BCUT2D eigenvalue weighted by atomic mass is 16.5. The van der Waals surface area contributed by atoms with Crippen LogP contribution in [0.5, 0.6) is 11.5 Å². The van der Waals surface area contributed by atoms with E-state index in [2.05, 4.69) is 10.6 Å². The largest absolute Gasteiger partial charge is 0.504 e. The van der Waals surface area contributed by atoms with E-state index in [9.17, 15) is 9.90 Å². The van der Waals surface area contributed by atoms with E-state index in [0.717, 1.165) is 16.7 Å². The van der Waals surface area contributed by atoms with Crippen LogP contribution in [0.25, 0.3) is 5.57 Å². The molecule has 0 aromatic heterocycles. The third-order valence-corrected chi connectivity index (χ3v) is 3.79. The Morgan fingerprint density at radius 2 is 2.13 bits per heavy atom. The Kier molecular flexibility index (Phi) is 4.19. The van der Waals surface area contributed by atoms with E-state index in [1.165, 1.54) is 7.11 Å². The van der Waals surface area contributed by atoms with Crippen LogP contribution in [-0.2, 0) is 17.9 Å². The summed E-state index contributed by atoms with van der Waals surface area (Å²) in [6, 6.07) is 13.0. The molecule has 1 aliphatic rings. The van der Waals surface area contributed by atoms with Gasteiger partial charge in [-0.3, -0.25) is 4.79 Å². The van der Waals surface area contributed by atoms with Gasteiger partial charge in [-0.15, -0.1) is 0 Å². The fourth-order valence-electron chi connectivity index (χ4n) is 2.59. The molecule has 0 spiro atoms.